The van der Waals surface area contributed by atoms with Crippen molar-refractivity contribution in [3.8, 4) is 11.5 Å². The molecule has 0 fully saturated rings. The third-order valence-electron chi connectivity index (χ3n) is 5.71. The largest absolute Gasteiger partial charge is 0.508 e. The Morgan fingerprint density at radius 2 is 1.63 bits per heavy atom. The molecule has 3 amide bonds. The molecule has 0 bridgehead atoms. The van der Waals surface area contributed by atoms with Gasteiger partial charge < -0.3 is 35.4 Å². The van der Waals surface area contributed by atoms with Gasteiger partial charge in [-0.2, -0.15) is 5.10 Å². The van der Waals surface area contributed by atoms with Gasteiger partial charge in [-0.15, -0.1) is 0 Å². The van der Waals surface area contributed by atoms with Crippen LogP contribution in [0.4, 0.5) is 4.79 Å². The normalized spacial score (nSPS) is 12.1. The lowest BCUT2D eigenvalue weighted by atomic mass is 10.0. The Morgan fingerprint density at radius 3 is 2.28 bits per heavy atom. The second-order valence-corrected chi connectivity index (χ2v) is 9.83. The van der Waals surface area contributed by atoms with Gasteiger partial charge in [-0.05, 0) is 63.0 Å². The number of hydrazone groups is 1. The standard InChI is InChI=1S/C29H29BrN4O9/c30-22-12-20(8-11-25(22)42-17-26(37)38)14-31-34-28(40)23(13-18-6-9-21(36)10-7-18)32-27(39)24(15-35)33-29(41)43-16-19-4-2-1-3-5-19/h1-12,14,23-24,35-36H,13,15-17H2,(H,32,39)(H,33,41)(H,34,40)(H,37,38)/b31-14-/t23-,24-/m0/s1. The maximum absolute atomic E-state index is 13.1. The van der Waals surface area contributed by atoms with Gasteiger partial charge in [0, 0.05) is 6.42 Å². The van der Waals surface area contributed by atoms with E-state index in [-0.39, 0.29) is 18.8 Å². The fourth-order valence-corrected chi connectivity index (χ4v) is 4.06. The second kappa shape index (κ2) is 16.5. The number of carbonyl (C=O) groups is 4. The van der Waals surface area contributed by atoms with E-state index >= 15 is 0 Å². The zero-order chi connectivity index (χ0) is 31.2. The molecule has 0 unspecified atom stereocenters. The molecule has 6 N–H and O–H groups in total. The van der Waals surface area contributed by atoms with Gasteiger partial charge in [0.1, 0.15) is 30.2 Å². The van der Waals surface area contributed by atoms with E-state index in [1.54, 1.807) is 48.5 Å². The summed E-state index contributed by atoms with van der Waals surface area (Å²) in [7, 11) is 0. The molecule has 43 heavy (non-hydrogen) atoms. The highest BCUT2D eigenvalue weighted by atomic mass is 79.9. The van der Waals surface area contributed by atoms with Crippen LogP contribution in [0.1, 0.15) is 16.7 Å². The molecule has 3 rings (SSSR count). The van der Waals surface area contributed by atoms with E-state index in [9.17, 15) is 29.4 Å². The van der Waals surface area contributed by atoms with Crippen molar-refractivity contribution < 1.29 is 44.0 Å². The SMILES string of the molecule is O=C(O)COc1ccc(/C=N\NC(=O)[C@H](Cc2ccc(O)cc2)NC(=O)[C@H](CO)NC(=O)OCc2ccccc2)cc1Br. The average molecular weight is 657 g/mol. The number of hydrogen-bond acceptors (Lipinski definition) is 9. The molecular weight excluding hydrogens is 628 g/mol. The van der Waals surface area contributed by atoms with Gasteiger partial charge in [-0.25, -0.2) is 15.0 Å². The van der Waals surface area contributed by atoms with Crippen molar-refractivity contribution in [2.45, 2.75) is 25.1 Å². The number of rotatable bonds is 14. The first kappa shape index (κ1) is 32.6. The number of amides is 3. The van der Waals surface area contributed by atoms with E-state index in [1.165, 1.54) is 24.4 Å². The van der Waals surface area contributed by atoms with Crippen molar-refractivity contribution in [1.82, 2.24) is 16.1 Å². The van der Waals surface area contributed by atoms with Crippen LogP contribution >= 0.6 is 15.9 Å². The van der Waals surface area contributed by atoms with Crippen molar-refractivity contribution in [2.24, 2.45) is 5.10 Å². The molecule has 0 aliphatic heterocycles. The predicted octanol–water partition coefficient (Wildman–Crippen LogP) is 2.08. The summed E-state index contributed by atoms with van der Waals surface area (Å²) >= 11 is 3.28. The number of alkyl carbamates (subject to hydrolysis) is 1. The quantitative estimate of drug-likeness (QED) is 0.111. The van der Waals surface area contributed by atoms with Crippen LogP contribution in [-0.2, 0) is 32.1 Å². The fourth-order valence-electron chi connectivity index (χ4n) is 3.55. The summed E-state index contributed by atoms with van der Waals surface area (Å²) in [5.74, 6) is -2.36. The molecule has 14 heteroatoms. The van der Waals surface area contributed by atoms with E-state index < -0.39 is 49.2 Å². The lowest BCUT2D eigenvalue weighted by Gasteiger charge is -2.21. The summed E-state index contributed by atoms with van der Waals surface area (Å²) in [5, 5.41) is 36.8. The molecule has 13 nitrogen and oxygen atoms in total. The first-order chi connectivity index (χ1) is 20.6. The number of aromatic hydroxyl groups is 1. The number of aliphatic hydroxyl groups is 1. The lowest BCUT2D eigenvalue weighted by Crippen LogP contribution is -2.55. The van der Waals surface area contributed by atoms with Crippen LogP contribution in [0.3, 0.4) is 0 Å². The van der Waals surface area contributed by atoms with E-state index in [0.29, 0.717) is 21.3 Å². The maximum Gasteiger partial charge on any atom is 0.408 e. The smallest absolute Gasteiger partial charge is 0.408 e. The molecule has 3 aromatic rings. The van der Waals surface area contributed by atoms with Crippen molar-refractivity contribution >= 4 is 46.0 Å². The molecule has 226 valence electrons. The molecule has 3 aromatic carbocycles. The average Bonchev–Trinajstić information content (AvgIpc) is 2.99. The van der Waals surface area contributed by atoms with Gasteiger partial charge in [0.15, 0.2) is 6.61 Å². The minimum absolute atomic E-state index is 0.00879. The number of nitrogens with zero attached hydrogens (tertiary/aromatic N) is 1. The van der Waals surface area contributed by atoms with E-state index in [2.05, 4.69) is 37.1 Å². The van der Waals surface area contributed by atoms with Crippen LogP contribution in [0.5, 0.6) is 11.5 Å². The molecule has 2 atom stereocenters. The van der Waals surface area contributed by atoms with Crippen molar-refractivity contribution in [3.63, 3.8) is 0 Å². The number of benzene rings is 3. The number of phenols is 1. The van der Waals surface area contributed by atoms with Gasteiger partial charge in [-0.1, -0.05) is 42.5 Å². The first-order valence-electron chi connectivity index (χ1n) is 12.8. The highest BCUT2D eigenvalue weighted by molar-refractivity contribution is 9.10. The number of carbonyl (C=O) groups excluding carboxylic acids is 3. The molecule has 0 heterocycles. The van der Waals surface area contributed by atoms with Crippen LogP contribution in [0.2, 0.25) is 0 Å². The number of carboxylic acid groups (broad SMARTS) is 1. The predicted molar refractivity (Wildman–Crippen MR) is 157 cm³/mol. The Bertz CT molecular complexity index is 1440. The molecule has 0 aromatic heterocycles. The summed E-state index contributed by atoms with van der Waals surface area (Å²) in [4.78, 5) is 49.0. The van der Waals surface area contributed by atoms with E-state index in [4.69, 9.17) is 14.6 Å². The monoisotopic (exact) mass is 656 g/mol. The van der Waals surface area contributed by atoms with Gasteiger partial charge in [0.2, 0.25) is 5.91 Å². The Kier molecular flexibility index (Phi) is 12.5. The number of hydrogen-bond donors (Lipinski definition) is 6. The summed E-state index contributed by atoms with van der Waals surface area (Å²) in [6.07, 6.45) is 0.377. The number of aliphatic carboxylic acids is 1. The minimum Gasteiger partial charge on any atom is -0.508 e. The van der Waals surface area contributed by atoms with Gasteiger partial charge in [0.05, 0.1) is 17.3 Å². The van der Waals surface area contributed by atoms with Crippen LogP contribution in [0.15, 0.2) is 82.4 Å². The molecule has 0 radical (unpaired) electrons. The molecule has 0 saturated heterocycles. The molecule has 0 aliphatic rings. The Labute approximate surface area is 254 Å². The van der Waals surface area contributed by atoms with Crippen LogP contribution in [0, 0.1) is 0 Å². The van der Waals surface area contributed by atoms with Gasteiger partial charge in [-0.3, -0.25) is 9.59 Å². The fraction of sp³-hybridized carbons (Fsp3) is 0.207. The number of ether oxygens (including phenoxy) is 2. The van der Waals surface area contributed by atoms with Crippen molar-refractivity contribution in [3.05, 3.63) is 94.0 Å². The molecular formula is C29H29BrN4O9. The Hall–Kier alpha value is -4.95. The van der Waals surface area contributed by atoms with Crippen LogP contribution < -0.4 is 20.8 Å². The molecule has 0 aliphatic carbocycles. The summed E-state index contributed by atoms with van der Waals surface area (Å²) < 4.78 is 10.7. The van der Waals surface area contributed by atoms with Gasteiger partial charge >= 0.3 is 12.1 Å². The Morgan fingerprint density at radius 1 is 0.907 bits per heavy atom. The topological polar surface area (TPSA) is 196 Å². The molecule has 0 saturated carbocycles. The van der Waals surface area contributed by atoms with Crippen LogP contribution in [-0.4, -0.2) is 70.7 Å². The highest BCUT2D eigenvalue weighted by Crippen LogP contribution is 2.25. The Balaban J connectivity index is 1.65. The number of phenolic OH excluding ortho intramolecular Hbond substituents is 1. The van der Waals surface area contributed by atoms with Crippen LogP contribution in [0.25, 0.3) is 0 Å². The summed E-state index contributed by atoms with van der Waals surface area (Å²) in [6, 6.07) is 17.0. The van der Waals surface area contributed by atoms with E-state index in [1.807, 2.05) is 6.07 Å². The molecule has 0 spiro atoms. The minimum atomic E-state index is -1.42. The van der Waals surface area contributed by atoms with Crippen molar-refractivity contribution in [2.75, 3.05) is 13.2 Å². The number of carboxylic acids is 1. The second-order valence-electron chi connectivity index (χ2n) is 8.98. The number of aliphatic hydroxyl groups excluding tert-OH is 1. The lowest BCUT2D eigenvalue weighted by molar-refractivity contribution is -0.139. The van der Waals surface area contributed by atoms with Gasteiger partial charge in [0.25, 0.3) is 5.91 Å². The zero-order valence-corrected chi connectivity index (χ0v) is 24.2. The summed E-state index contributed by atoms with van der Waals surface area (Å²) in [5.41, 5.74) is 4.20. The first-order valence-corrected chi connectivity index (χ1v) is 13.6. The summed E-state index contributed by atoms with van der Waals surface area (Å²) in [6.45, 7) is -1.33. The van der Waals surface area contributed by atoms with E-state index in [0.717, 1.165) is 5.56 Å². The zero-order valence-electron chi connectivity index (χ0n) is 22.6. The third-order valence-corrected chi connectivity index (χ3v) is 6.33. The number of nitrogens with one attached hydrogen (secondary N) is 3. The maximum atomic E-state index is 13.1. The van der Waals surface area contributed by atoms with Crippen molar-refractivity contribution in [1.29, 1.82) is 0 Å². The third kappa shape index (κ3) is 11.1. The highest BCUT2D eigenvalue weighted by Gasteiger charge is 2.27. The number of halogens is 1.